The van der Waals surface area contributed by atoms with Crippen molar-refractivity contribution >= 4 is 66.4 Å². The van der Waals surface area contributed by atoms with E-state index in [4.69, 9.17) is 0 Å². The zero-order valence-electron chi connectivity index (χ0n) is 49.1. The van der Waals surface area contributed by atoms with Crippen LogP contribution < -0.4 is 9.80 Å². The maximum absolute atomic E-state index is 2.57. The summed E-state index contributed by atoms with van der Waals surface area (Å²) in [4.78, 5) is 5.07. The van der Waals surface area contributed by atoms with E-state index in [-0.39, 0.29) is 10.8 Å². The van der Waals surface area contributed by atoms with Gasteiger partial charge in [0.15, 0.2) is 0 Å². The molecule has 0 bridgehead atoms. The highest BCUT2D eigenvalue weighted by molar-refractivity contribution is 6.23. The first-order chi connectivity index (χ1) is 42.7. The van der Waals surface area contributed by atoms with Crippen molar-refractivity contribution in [3.8, 4) is 55.6 Å². The summed E-state index contributed by atoms with van der Waals surface area (Å²) in [5.74, 6) is 0. The largest absolute Gasteiger partial charge is 0.309 e. The van der Waals surface area contributed by atoms with Gasteiger partial charge in [-0.1, -0.05) is 276 Å². The van der Waals surface area contributed by atoms with Crippen LogP contribution in [-0.2, 0) is 16.2 Å². The Labute approximate surface area is 508 Å². The smallest absolute Gasteiger partial charge is 0.0725 e. The predicted molar refractivity (Wildman–Crippen MR) is 365 cm³/mol. The zero-order chi connectivity index (χ0) is 57.9. The van der Waals surface area contributed by atoms with Crippen LogP contribution in [0.4, 0.5) is 34.1 Å². The van der Waals surface area contributed by atoms with Crippen LogP contribution in [0.25, 0.3) is 88.0 Å². The summed E-state index contributed by atoms with van der Waals surface area (Å²) in [6.07, 6.45) is 0. The highest BCUT2D eigenvalue weighted by atomic mass is 15.2. The van der Waals surface area contributed by atoms with Crippen molar-refractivity contribution in [2.45, 2.75) is 43.9 Å². The third kappa shape index (κ3) is 6.65. The Morgan fingerprint density at radius 1 is 0.230 bits per heavy atom. The molecular weight excluding hydrogens is 1050 g/mol. The van der Waals surface area contributed by atoms with Gasteiger partial charge in [0.25, 0.3) is 0 Å². The molecule has 2 heterocycles. The van der Waals surface area contributed by atoms with E-state index in [1.54, 1.807) is 0 Å². The van der Waals surface area contributed by atoms with Crippen molar-refractivity contribution < 1.29 is 0 Å². The van der Waals surface area contributed by atoms with Crippen molar-refractivity contribution in [1.82, 2.24) is 0 Å². The Morgan fingerprint density at radius 3 is 1.15 bits per heavy atom. The van der Waals surface area contributed by atoms with E-state index in [1.165, 1.54) is 155 Å². The third-order valence-corrected chi connectivity index (χ3v) is 20.4. The molecule has 87 heavy (non-hydrogen) atoms. The van der Waals surface area contributed by atoms with Gasteiger partial charge in [-0.05, 0) is 164 Å². The third-order valence-electron chi connectivity index (χ3n) is 20.4. The first kappa shape index (κ1) is 49.8. The molecule has 14 aromatic rings. The van der Waals surface area contributed by atoms with Crippen molar-refractivity contribution in [3.05, 3.63) is 336 Å². The monoisotopic (exact) mass is 1110 g/mol. The number of anilines is 6. The Bertz CT molecular complexity index is 4980. The summed E-state index contributed by atoms with van der Waals surface area (Å²) in [5.41, 5.74) is 29.1. The normalized spacial score (nSPS) is 14.9. The van der Waals surface area contributed by atoms with Crippen molar-refractivity contribution in [1.29, 1.82) is 0 Å². The van der Waals surface area contributed by atoms with Crippen molar-refractivity contribution in [2.75, 3.05) is 9.80 Å². The minimum Gasteiger partial charge on any atom is -0.309 e. The molecule has 0 aromatic heterocycles. The van der Waals surface area contributed by atoms with Crippen LogP contribution in [0.5, 0.6) is 0 Å². The molecule has 0 amide bonds. The van der Waals surface area contributed by atoms with Crippen molar-refractivity contribution in [3.63, 3.8) is 0 Å². The second-order valence-corrected chi connectivity index (χ2v) is 25.4. The lowest BCUT2D eigenvalue weighted by molar-refractivity contribution is 0.632. The van der Waals surface area contributed by atoms with E-state index in [9.17, 15) is 0 Å². The molecule has 0 atom stereocenters. The highest BCUT2D eigenvalue weighted by Gasteiger charge is 2.53. The summed E-state index contributed by atoms with van der Waals surface area (Å²) in [7, 11) is 0. The second-order valence-electron chi connectivity index (χ2n) is 25.4. The van der Waals surface area contributed by atoms with Crippen LogP contribution in [0.1, 0.15) is 72.2 Å². The number of hydrogen-bond acceptors (Lipinski definition) is 2. The molecular formula is C85H60N2. The molecule has 0 saturated carbocycles. The molecule has 2 heteroatoms. The van der Waals surface area contributed by atoms with Gasteiger partial charge in [-0.3, -0.25) is 0 Å². The van der Waals surface area contributed by atoms with Crippen LogP contribution in [0.2, 0.25) is 0 Å². The van der Waals surface area contributed by atoms with Crippen LogP contribution >= 0.6 is 0 Å². The van der Waals surface area contributed by atoms with Gasteiger partial charge in [0.2, 0.25) is 0 Å². The van der Waals surface area contributed by atoms with Crippen molar-refractivity contribution in [2.24, 2.45) is 0 Å². The number of hydrogen-bond donors (Lipinski definition) is 0. The van der Waals surface area contributed by atoms with Gasteiger partial charge >= 0.3 is 0 Å². The molecule has 1 spiro atoms. The van der Waals surface area contributed by atoms with Gasteiger partial charge in [-0.25, -0.2) is 0 Å². The molecule has 2 aliphatic carbocycles. The minimum absolute atomic E-state index is 0.291. The van der Waals surface area contributed by atoms with E-state index in [1.807, 2.05) is 0 Å². The Hall–Kier alpha value is -10.5. The second kappa shape index (κ2) is 18.2. The van der Waals surface area contributed by atoms with E-state index >= 15 is 0 Å². The maximum Gasteiger partial charge on any atom is 0.0725 e. The first-order valence-electron chi connectivity index (χ1n) is 30.8. The van der Waals surface area contributed by atoms with E-state index < -0.39 is 5.41 Å². The van der Waals surface area contributed by atoms with E-state index in [0.717, 1.165) is 11.4 Å². The predicted octanol–water partition coefficient (Wildman–Crippen LogP) is 22.7. The molecule has 410 valence electrons. The highest BCUT2D eigenvalue weighted by Crippen LogP contribution is 2.66. The topological polar surface area (TPSA) is 6.48 Å². The van der Waals surface area contributed by atoms with Crippen LogP contribution in [0, 0.1) is 0 Å². The van der Waals surface area contributed by atoms with E-state index in [2.05, 4.69) is 329 Å². The average Bonchev–Trinajstić information content (AvgIpc) is 1.53. The fraction of sp³-hybridized carbons (Fsp3) is 0.0824. The van der Waals surface area contributed by atoms with E-state index in [0.29, 0.717) is 0 Å². The first-order valence-corrected chi connectivity index (χ1v) is 30.8. The summed E-state index contributed by atoms with van der Waals surface area (Å²) in [6, 6.07) is 111. The summed E-state index contributed by atoms with van der Waals surface area (Å²) in [5, 5.41) is 7.37. The molecule has 2 nitrogen and oxygen atoms in total. The lowest BCUT2D eigenvalue weighted by atomic mass is 9.70. The fourth-order valence-corrected chi connectivity index (χ4v) is 16.7. The summed E-state index contributed by atoms with van der Waals surface area (Å²) >= 11 is 0. The molecule has 0 radical (unpaired) electrons. The minimum atomic E-state index is -0.547. The quantitative estimate of drug-likeness (QED) is 0.159. The van der Waals surface area contributed by atoms with Gasteiger partial charge < -0.3 is 9.80 Å². The van der Waals surface area contributed by atoms with Gasteiger partial charge in [0, 0.05) is 33.3 Å². The number of nitrogens with zero attached hydrogens (tertiary/aromatic N) is 2. The molecule has 0 unspecified atom stereocenters. The summed E-state index contributed by atoms with van der Waals surface area (Å²) in [6.45, 7) is 9.62. The number of benzene rings is 14. The Morgan fingerprint density at radius 2 is 0.609 bits per heavy atom. The van der Waals surface area contributed by atoms with Gasteiger partial charge in [0.1, 0.15) is 0 Å². The van der Waals surface area contributed by atoms with Gasteiger partial charge in [-0.15, -0.1) is 0 Å². The lowest BCUT2D eigenvalue weighted by Crippen LogP contribution is -2.31. The average molecular weight is 1110 g/mol. The molecule has 14 aromatic carbocycles. The number of rotatable bonds is 5. The van der Waals surface area contributed by atoms with Crippen LogP contribution in [0.15, 0.2) is 291 Å². The number of fused-ring (bicyclic) bond motifs is 18. The van der Waals surface area contributed by atoms with Crippen LogP contribution in [0.3, 0.4) is 0 Å². The SMILES string of the molecule is CC1(C)c2ccccc2N(c2ccccc2)c2c(-c3cccc4c(-c5cccc6c5-c5c(ccc7ccccc57)C65c6ccccc6-c6ccccc65)c5cccc(-c6cccc7c6N(c6ccccc6)c6ccccc6C7(C)C)c5cc34)cccc21. The zero-order valence-corrected chi connectivity index (χ0v) is 49.1. The van der Waals surface area contributed by atoms with Gasteiger partial charge in [-0.2, -0.15) is 0 Å². The Kier molecular flexibility index (Phi) is 10.4. The molecule has 0 saturated heterocycles. The lowest BCUT2D eigenvalue weighted by Gasteiger charge is -2.43. The number of para-hydroxylation sites is 6. The molecule has 0 N–H and O–H groups in total. The molecule has 2 aliphatic heterocycles. The Balaban J connectivity index is 0.997. The maximum atomic E-state index is 2.57. The standard InChI is InChI=1S/C85H60N2/c1-83(2)70-43-17-19-48-76(70)86(54-27-7-5-8-28-54)81-63(38-23-46-74(81)83)57-34-21-36-61-66(57)52-67-58(64-39-24-47-75-82(64)87(55-29-9-6-10-30-55)77-49-20-18-44-71(77)84(75,3)4)35-22-37-62(67)78(61)65-40-25-45-72-80(65)79-56-31-12-11-26-53(56)50-51-73(79)85(72)68-41-15-13-32-59(68)60-33-14-16-42-69(60)85/h5-52H,1-4H3. The molecule has 4 aliphatic rings. The van der Waals surface area contributed by atoms with Gasteiger partial charge in [0.05, 0.1) is 28.2 Å². The molecule has 0 fully saturated rings. The summed E-state index contributed by atoms with van der Waals surface area (Å²) < 4.78 is 0. The fourth-order valence-electron chi connectivity index (χ4n) is 16.7. The van der Waals surface area contributed by atoms with Crippen LogP contribution in [-0.4, -0.2) is 0 Å². The molecule has 18 rings (SSSR count).